The predicted molar refractivity (Wildman–Crippen MR) is 76.1 cm³/mol. The molecule has 0 aromatic heterocycles. The van der Waals surface area contributed by atoms with Crippen molar-refractivity contribution in [2.45, 2.75) is 20.1 Å². The molecule has 0 heterocycles. The Bertz CT molecular complexity index is 626. The van der Waals surface area contributed by atoms with Gasteiger partial charge in [-0.25, -0.2) is 4.39 Å². The zero-order valence-corrected chi connectivity index (χ0v) is 11.2. The fraction of sp³-hybridized carbons (Fsp3) is 0.188. The molecule has 0 spiro atoms. The highest BCUT2D eigenvalue weighted by Crippen LogP contribution is 2.20. The first-order valence-corrected chi connectivity index (χ1v) is 6.34. The second kappa shape index (κ2) is 6.30. The smallest absolute Gasteiger partial charge is 0.164 e. The van der Waals surface area contributed by atoms with Crippen molar-refractivity contribution in [2.24, 2.45) is 0 Å². The summed E-state index contributed by atoms with van der Waals surface area (Å²) in [5.41, 5.74) is 2.32. The molecule has 0 amide bonds. The third kappa shape index (κ3) is 3.22. The van der Waals surface area contributed by atoms with Gasteiger partial charge in [0.1, 0.15) is 5.82 Å². The van der Waals surface area contributed by atoms with E-state index in [1.165, 1.54) is 13.0 Å². The van der Waals surface area contributed by atoms with Gasteiger partial charge in [0.25, 0.3) is 0 Å². The minimum Gasteiger partial charge on any atom is -0.392 e. The Morgan fingerprint density at radius 2 is 1.90 bits per heavy atom. The number of anilines is 1. The maximum absolute atomic E-state index is 13.7. The number of benzene rings is 2. The minimum absolute atomic E-state index is 0.0213. The standard InChI is InChI=1S/C16H16FNO2/c1-11(20)16-14(17)6-3-7-15(16)18-9-12-4-2-5-13(8-12)10-19/h2-8,18-19H,9-10H2,1H3. The zero-order chi connectivity index (χ0) is 14.5. The fourth-order valence-corrected chi connectivity index (χ4v) is 2.06. The van der Waals surface area contributed by atoms with Crippen molar-refractivity contribution in [1.29, 1.82) is 0 Å². The summed E-state index contributed by atoms with van der Waals surface area (Å²) in [4.78, 5) is 11.5. The SMILES string of the molecule is CC(=O)c1c(F)cccc1NCc1cccc(CO)c1. The quantitative estimate of drug-likeness (QED) is 0.823. The maximum atomic E-state index is 13.7. The second-order valence-corrected chi connectivity index (χ2v) is 4.55. The lowest BCUT2D eigenvalue weighted by Gasteiger charge is -2.11. The molecule has 104 valence electrons. The van der Waals surface area contributed by atoms with Gasteiger partial charge in [-0.15, -0.1) is 0 Å². The van der Waals surface area contributed by atoms with Crippen LogP contribution >= 0.6 is 0 Å². The first-order chi connectivity index (χ1) is 9.61. The van der Waals surface area contributed by atoms with Crippen LogP contribution in [0.5, 0.6) is 0 Å². The van der Waals surface area contributed by atoms with Crippen LogP contribution in [0.1, 0.15) is 28.4 Å². The molecule has 0 saturated heterocycles. The Balaban J connectivity index is 2.18. The van der Waals surface area contributed by atoms with Crippen LogP contribution in [-0.2, 0) is 13.2 Å². The highest BCUT2D eigenvalue weighted by molar-refractivity contribution is 5.99. The molecular formula is C16H16FNO2. The van der Waals surface area contributed by atoms with Crippen molar-refractivity contribution < 1.29 is 14.3 Å². The summed E-state index contributed by atoms with van der Waals surface area (Å²) in [7, 11) is 0. The third-order valence-corrected chi connectivity index (χ3v) is 3.02. The molecule has 0 saturated carbocycles. The first-order valence-electron chi connectivity index (χ1n) is 6.34. The summed E-state index contributed by atoms with van der Waals surface area (Å²) >= 11 is 0. The molecule has 2 aromatic carbocycles. The molecule has 0 aliphatic rings. The Labute approximate surface area is 117 Å². The molecule has 0 bridgehead atoms. The van der Waals surface area contributed by atoms with E-state index in [4.69, 9.17) is 5.11 Å². The summed E-state index contributed by atoms with van der Waals surface area (Å²) in [6, 6.07) is 11.9. The molecule has 20 heavy (non-hydrogen) atoms. The van der Waals surface area contributed by atoms with Crippen LogP contribution in [0.3, 0.4) is 0 Å². The van der Waals surface area contributed by atoms with Gasteiger partial charge in [0.15, 0.2) is 5.78 Å². The Kier molecular flexibility index (Phi) is 4.48. The van der Waals surface area contributed by atoms with E-state index in [0.29, 0.717) is 12.2 Å². The lowest BCUT2D eigenvalue weighted by molar-refractivity contribution is 0.101. The minimum atomic E-state index is -0.522. The molecule has 0 aliphatic carbocycles. The van der Waals surface area contributed by atoms with E-state index in [2.05, 4.69) is 5.32 Å². The Hall–Kier alpha value is -2.20. The van der Waals surface area contributed by atoms with Crippen LogP contribution in [0.2, 0.25) is 0 Å². The van der Waals surface area contributed by atoms with E-state index in [1.54, 1.807) is 12.1 Å². The van der Waals surface area contributed by atoms with Crippen molar-refractivity contribution in [2.75, 3.05) is 5.32 Å². The van der Waals surface area contributed by atoms with Crippen LogP contribution in [0.4, 0.5) is 10.1 Å². The van der Waals surface area contributed by atoms with Crippen LogP contribution in [0.15, 0.2) is 42.5 Å². The van der Waals surface area contributed by atoms with E-state index in [1.807, 2.05) is 24.3 Å². The van der Waals surface area contributed by atoms with Crippen LogP contribution in [0, 0.1) is 5.82 Å². The van der Waals surface area contributed by atoms with Gasteiger partial charge < -0.3 is 10.4 Å². The van der Waals surface area contributed by atoms with Gasteiger partial charge in [0, 0.05) is 12.2 Å². The number of aliphatic hydroxyl groups excluding tert-OH is 1. The van der Waals surface area contributed by atoms with Crippen molar-refractivity contribution in [3.05, 3.63) is 65.0 Å². The summed E-state index contributed by atoms with van der Waals surface area (Å²) in [5.74, 6) is -0.832. The van der Waals surface area contributed by atoms with Crippen LogP contribution < -0.4 is 5.32 Å². The van der Waals surface area contributed by atoms with Crippen molar-refractivity contribution in [3.8, 4) is 0 Å². The van der Waals surface area contributed by atoms with E-state index in [0.717, 1.165) is 11.1 Å². The van der Waals surface area contributed by atoms with Gasteiger partial charge in [-0.1, -0.05) is 30.3 Å². The van der Waals surface area contributed by atoms with Gasteiger partial charge >= 0.3 is 0 Å². The van der Waals surface area contributed by atoms with Gasteiger partial charge in [-0.3, -0.25) is 4.79 Å². The van der Waals surface area contributed by atoms with Crippen LogP contribution in [-0.4, -0.2) is 10.9 Å². The van der Waals surface area contributed by atoms with Gasteiger partial charge in [-0.05, 0) is 30.2 Å². The number of halogens is 1. The molecule has 2 N–H and O–H groups in total. The van der Waals surface area contributed by atoms with E-state index in [9.17, 15) is 9.18 Å². The topological polar surface area (TPSA) is 49.3 Å². The lowest BCUT2D eigenvalue weighted by atomic mass is 10.1. The monoisotopic (exact) mass is 273 g/mol. The van der Waals surface area contributed by atoms with E-state index in [-0.39, 0.29) is 18.0 Å². The number of rotatable bonds is 5. The highest BCUT2D eigenvalue weighted by Gasteiger charge is 2.12. The number of carbonyl (C=O) groups excluding carboxylic acids is 1. The van der Waals surface area contributed by atoms with Gasteiger partial charge in [-0.2, -0.15) is 0 Å². The lowest BCUT2D eigenvalue weighted by Crippen LogP contribution is -2.07. The van der Waals surface area contributed by atoms with E-state index >= 15 is 0 Å². The first kappa shape index (κ1) is 14.2. The highest BCUT2D eigenvalue weighted by atomic mass is 19.1. The predicted octanol–water partition coefficient (Wildman–Crippen LogP) is 3.13. The average molecular weight is 273 g/mol. The zero-order valence-electron chi connectivity index (χ0n) is 11.2. The number of hydrogen-bond acceptors (Lipinski definition) is 3. The maximum Gasteiger partial charge on any atom is 0.164 e. The Morgan fingerprint density at radius 1 is 1.20 bits per heavy atom. The van der Waals surface area contributed by atoms with Crippen LogP contribution in [0.25, 0.3) is 0 Å². The Morgan fingerprint density at radius 3 is 2.60 bits per heavy atom. The number of Topliss-reactive ketones (excluding diaryl/α,β-unsaturated/α-hetero) is 1. The molecule has 0 unspecified atom stereocenters. The summed E-state index contributed by atoms with van der Waals surface area (Å²) < 4.78 is 13.7. The summed E-state index contributed by atoms with van der Waals surface area (Å²) in [5, 5.41) is 12.1. The number of nitrogens with one attached hydrogen (secondary N) is 1. The average Bonchev–Trinajstić information content (AvgIpc) is 2.45. The van der Waals surface area contributed by atoms with Gasteiger partial charge in [0.05, 0.1) is 12.2 Å². The summed E-state index contributed by atoms with van der Waals surface area (Å²) in [6.07, 6.45) is 0. The molecule has 2 rings (SSSR count). The van der Waals surface area contributed by atoms with Crippen molar-refractivity contribution in [1.82, 2.24) is 0 Å². The molecule has 0 radical (unpaired) electrons. The van der Waals surface area contributed by atoms with Crippen molar-refractivity contribution >= 4 is 11.5 Å². The number of hydrogen-bond donors (Lipinski definition) is 2. The molecule has 0 fully saturated rings. The molecular weight excluding hydrogens is 257 g/mol. The summed E-state index contributed by atoms with van der Waals surface area (Å²) in [6.45, 7) is 1.78. The number of aliphatic hydroxyl groups is 1. The van der Waals surface area contributed by atoms with Gasteiger partial charge in [0.2, 0.25) is 0 Å². The normalized spacial score (nSPS) is 10.3. The fourth-order valence-electron chi connectivity index (χ4n) is 2.06. The van der Waals surface area contributed by atoms with E-state index < -0.39 is 5.82 Å². The largest absolute Gasteiger partial charge is 0.392 e. The number of ketones is 1. The molecule has 0 aliphatic heterocycles. The second-order valence-electron chi connectivity index (χ2n) is 4.55. The number of carbonyl (C=O) groups is 1. The molecule has 4 heteroatoms. The molecule has 0 atom stereocenters. The van der Waals surface area contributed by atoms with Crippen molar-refractivity contribution in [3.63, 3.8) is 0 Å². The third-order valence-electron chi connectivity index (χ3n) is 3.02. The molecule has 3 nitrogen and oxygen atoms in total. The molecule has 2 aromatic rings.